The van der Waals surface area contributed by atoms with Crippen LogP contribution in [0, 0.1) is 11.7 Å². The lowest BCUT2D eigenvalue weighted by Crippen LogP contribution is -2.40. The van der Waals surface area contributed by atoms with Gasteiger partial charge in [-0.3, -0.25) is 4.99 Å². The summed E-state index contributed by atoms with van der Waals surface area (Å²) >= 11 is 3.23. The maximum Gasteiger partial charge on any atom is 0.193 e. The van der Waals surface area contributed by atoms with Gasteiger partial charge in [-0.2, -0.15) is 0 Å². The summed E-state index contributed by atoms with van der Waals surface area (Å²) in [5, 5.41) is 3.38. The molecule has 1 N–H and O–H groups in total. The molecule has 4 nitrogen and oxygen atoms in total. The summed E-state index contributed by atoms with van der Waals surface area (Å²) < 4.78 is 19.2. The van der Waals surface area contributed by atoms with Gasteiger partial charge in [0.2, 0.25) is 0 Å². The molecule has 0 aliphatic carbocycles. The molecule has 1 fully saturated rings. The molecule has 0 amide bonds. The fourth-order valence-electron chi connectivity index (χ4n) is 2.92. The minimum Gasteiger partial charge on any atom is -0.381 e. The van der Waals surface area contributed by atoms with Gasteiger partial charge in [0, 0.05) is 40.4 Å². The Hall–Kier alpha value is -0.410. The molecule has 1 heterocycles. The molecule has 1 aromatic carbocycles. The highest BCUT2D eigenvalue weighted by atomic mass is 127. The van der Waals surface area contributed by atoms with Crippen molar-refractivity contribution in [1.29, 1.82) is 0 Å². The van der Waals surface area contributed by atoms with Gasteiger partial charge < -0.3 is 15.0 Å². The van der Waals surface area contributed by atoms with Gasteiger partial charge in [-0.25, -0.2) is 4.39 Å². The predicted molar refractivity (Wildman–Crippen MR) is 115 cm³/mol. The molecule has 2 rings (SSSR count). The molecule has 0 aromatic heterocycles. The zero-order valence-electron chi connectivity index (χ0n) is 14.9. The first-order valence-electron chi connectivity index (χ1n) is 8.53. The van der Waals surface area contributed by atoms with Crippen LogP contribution in [0.5, 0.6) is 0 Å². The lowest BCUT2D eigenvalue weighted by Gasteiger charge is -2.26. The van der Waals surface area contributed by atoms with Gasteiger partial charge in [0.05, 0.1) is 4.47 Å². The third-order valence-corrected chi connectivity index (χ3v) is 5.08. The molecule has 0 radical (unpaired) electrons. The largest absolute Gasteiger partial charge is 0.381 e. The van der Waals surface area contributed by atoms with E-state index in [0.29, 0.717) is 4.47 Å². The Labute approximate surface area is 175 Å². The molecule has 1 saturated heterocycles. The third-order valence-electron chi connectivity index (χ3n) is 4.47. The SMILES string of the molecule is CN=C(NCCc1ccc(F)c(Br)c1)N(C)CCC1CCOCC1.I. The molecule has 0 unspecified atom stereocenters. The Morgan fingerprint density at radius 3 is 2.76 bits per heavy atom. The van der Waals surface area contributed by atoms with Crippen LogP contribution in [0.3, 0.4) is 0 Å². The van der Waals surface area contributed by atoms with Crippen LogP contribution >= 0.6 is 39.9 Å². The average molecular weight is 528 g/mol. The van der Waals surface area contributed by atoms with E-state index in [0.717, 1.165) is 50.2 Å². The van der Waals surface area contributed by atoms with Gasteiger partial charge in [-0.05, 0) is 65.2 Å². The molecule has 25 heavy (non-hydrogen) atoms. The van der Waals surface area contributed by atoms with Crippen molar-refractivity contribution < 1.29 is 9.13 Å². The van der Waals surface area contributed by atoms with Gasteiger partial charge in [0.15, 0.2) is 5.96 Å². The Balaban J connectivity index is 0.00000312. The topological polar surface area (TPSA) is 36.9 Å². The first kappa shape index (κ1) is 22.6. The van der Waals surface area contributed by atoms with Gasteiger partial charge in [0.25, 0.3) is 0 Å². The fraction of sp³-hybridized carbons (Fsp3) is 0.611. The number of halogens is 3. The van der Waals surface area contributed by atoms with E-state index in [9.17, 15) is 4.39 Å². The Morgan fingerprint density at radius 1 is 1.40 bits per heavy atom. The summed E-state index contributed by atoms with van der Waals surface area (Å²) in [6.45, 7) is 3.56. The van der Waals surface area contributed by atoms with Crippen molar-refractivity contribution in [1.82, 2.24) is 10.2 Å². The minimum atomic E-state index is -0.227. The summed E-state index contributed by atoms with van der Waals surface area (Å²) in [5.74, 6) is 1.44. The van der Waals surface area contributed by atoms with E-state index in [-0.39, 0.29) is 29.8 Å². The number of ether oxygens (including phenoxy) is 1. The van der Waals surface area contributed by atoms with Crippen molar-refractivity contribution in [2.24, 2.45) is 10.9 Å². The highest BCUT2D eigenvalue weighted by Gasteiger charge is 2.15. The zero-order valence-corrected chi connectivity index (χ0v) is 18.8. The number of benzene rings is 1. The number of hydrogen-bond acceptors (Lipinski definition) is 2. The first-order valence-corrected chi connectivity index (χ1v) is 9.33. The minimum absolute atomic E-state index is 0. The van der Waals surface area contributed by atoms with Gasteiger partial charge >= 0.3 is 0 Å². The van der Waals surface area contributed by atoms with Crippen LogP contribution in [0.1, 0.15) is 24.8 Å². The van der Waals surface area contributed by atoms with Crippen molar-refractivity contribution >= 4 is 45.9 Å². The summed E-state index contributed by atoms with van der Waals surface area (Å²) in [4.78, 5) is 6.53. The summed E-state index contributed by atoms with van der Waals surface area (Å²) in [6, 6.07) is 5.14. The highest BCUT2D eigenvalue weighted by Crippen LogP contribution is 2.19. The second-order valence-electron chi connectivity index (χ2n) is 6.24. The molecule has 7 heteroatoms. The molecule has 142 valence electrons. The summed E-state index contributed by atoms with van der Waals surface area (Å²) in [6.07, 6.45) is 4.33. The Kier molecular flexibility index (Phi) is 10.9. The van der Waals surface area contributed by atoms with Crippen molar-refractivity contribution in [3.63, 3.8) is 0 Å². The molecular weight excluding hydrogens is 500 g/mol. The van der Waals surface area contributed by atoms with Crippen LogP contribution in [0.4, 0.5) is 4.39 Å². The molecular formula is C18H28BrFIN3O. The highest BCUT2D eigenvalue weighted by molar-refractivity contribution is 14.0. The molecule has 0 saturated carbocycles. The van der Waals surface area contributed by atoms with Crippen LogP contribution in [0.2, 0.25) is 0 Å². The number of nitrogens with zero attached hydrogens (tertiary/aromatic N) is 2. The van der Waals surface area contributed by atoms with Gasteiger partial charge in [0.1, 0.15) is 5.82 Å². The van der Waals surface area contributed by atoms with Gasteiger partial charge in [-0.15, -0.1) is 24.0 Å². The van der Waals surface area contributed by atoms with Crippen LogP contribution in [0.15, 0.2) is 27.7 Å². The van der Waals surface area contributed by atoms with E-state index in [2.05, 4.69) is 38.2 Å². The van der Waals surface area contributed by atoms with E-state index in [1.54, 1.807) is 0 Å². The lowest BCUT2D eigenvalue weighted by molar-refractivity contribution is 0.0625. The Morgan fingerprint density at radius 2 is 2.12 bits per heavy atom. The smallest absolute Gasteiger partial charge is 0.193 e. The Bertz CT molecular complexity index is 553. The zero-order chi connectivity index (χ0) is 17.4. The van der Waals surface area contributed by atoms with Gasteiger partial charge in [-0.1, -0.05) is 6.07 Å². The van der Waals surface area contributed by atoms with E-state index in [1.807, 2.05) is 19.2 Å². The number of nitrogens with one attached hydrogen (secondary N) is 1. The monoisotopic (exact) mass is 527 g/mol. The van der Waals surface area contributed by atoms with Crippen molar-refractivity contribution in [3.05, 3.63) is 34.1 Å². The van der Waals surface area contributed by atoms with Crippen LogP contribution in [-0.2, 0) is 11.2 Å². The third kappa shape index (κ3) is 7.78. The van der Waals surface area contributed by atoms with Crippen molar-refractivity contribution in [3.8, 4) is 0 Å². The van der Waals surface area contributed by atoms with Crippen molar-refractivity contribution in [2.75, 3.05) is 40.4 Å². The van der Waals surface area contributed by atoms with E-state index < -0.39 is 0 Å². The molecule has 0 bridgehead atoms. The quantitative estimate of drug-likeness (QED) is 0.344. The molecule has 1 aliphatic rings. The lowest BCUT2D eigenvalue weighted by atomic mass is 9.96. The standard InChI is InChI=1S/C18H27BrFN3O.HI/c1-21-18(23(2)10-6-14-7-11-24-12-8-14)22-9-5-15-3-4-17(20)16(19)13-15;/h3-4,13-14H,5-12H2,1-2H3,(H,21,22);1H. The average Bonchev–Trinajstić information content (AvgIpc) is 2.60. The molecule has 1 aliphatic heterocycles. The normalized spacial score (nSPS) is 15.6. The second kappa shape index (κ2) is 12.1. The number of aliphatic imine (C=N–C) groups is 1. The molecule has 0 spiro atoms. The molecule has 1 aromatic rings. The van der Waals surface area contributed by atoms with Crippen LogP contribution < -0.4 is 5.32 Å². The summed E-state index contributed by atoms with van der Waals surface area (Å²) in [7, 11) is 3.88. The second-order valence-corrected chi connectivity index (χ2v) is 7.09. The predicted octanol–water partition coefficient (Wildman–Crippen LogP) is 4.07. The number of hydrogen-bond donors (Lipinski definition) is 1. The van der Waals surface area contributed by atoms with Crippen LogP contribution in [-0.4, -0.2) is 51.3 Å². The van der Waals surface area contributed by atoms with Crippen molar-refractivity contribution in [2.45, 2.75) is 25.7 Å². The first-order chi connectivity index (χ1) is 11.6. The number of guanidine groups is 1. The van der Waals surface area contributed by atoms with E-state index >= 15 is 0 Å². The van der Waals surface area contributed by atoms with E-state index in [4.69, 9.17) is 4.74 Å². The van der Waals surface area contributed by atoms with Crippen LogP contribution in [0.25, 0.3) is 0 Å². The molecule has 0 atom stereocenters. The maximum absolute atomic E-state index is 13.3. The fourth-order valence-corrected chi connectivity index (χ4v) is 3.34. The maximum atomic E-state index is 13.3. The number of rotatable bonds is 6. The summed E-state index contributed by atoms with van der Waals surface area (Å²) in [5.41, 5.74) is 1.09. The van der Waals surface area contributed by atoms with E-state index in [1.165, 1.54) is 25.3 Å².